The number of rotatable bonds is 2. The van der Waals surface area contributed by atoms with E-state index in [-0.39, 0.29) is 5.82 Å². The first-order chi connectivity index (χ1) is 8.84. The molecule has 1 N–H and O–H groups in total. The Kier molecular flexibility index (Phi) is 3.15. The van der Waals surface area contributed by atoms with E-state index in [9.17, 15) is 4.39 Å². The number of nitrogens with zero attached hydrogens (tertiary/aromatic N) is 2. The lowest BCUT2D eigenvalue weighted by atomic mass is 10.1. The predicted octanol–water partition coefficient (Wildman–Crippen LogP) is 1.01. The lowest BCUT2D eigenvalue weighted by Crippen LogP contribution is -2.36. The van der Waals surface area contributed by atoms with Crippen LogP contribution >= 0.6 is 0 Å². The average molecular weight is 249 g/mol. The molecule has 2 aliphatic rings. The van der Waals surface area contributed by atoms with E-state index in [1.165, 1.54) is 0 Å². The molecule has 96 valence electrons. The molecule has 3 rings (SSSR count). The average Bonchev–Trinajstić information content (AvgIpc) is 2.93. The summed E-state index contributed by atoms with van der Waals surface area (Å²) in [4.78, 5) is 6.31. The first-order valence-electron chi connectivity index (χ1n) is 6.25. The molecule has 0 bridgehead atoms. The number of hydrogen-bond acceptors (Lipinski definition) is 4. The van der Waals surface area contributed by atoms with Gasteiger partial charge in [0.15, 0.2) is 0 Å². The molecule has 18 heavy (non-hydrogen) atoms. The van der Waals surface area contributed by atoms with Gasteiger partial charge in [-0.05, 0) is 18.2 Å². The van der Waals surface area contributed by atoms with Crippen molar-refractivity contribution in [3.63, 3.8) is 0 Å². The summed E-state index contributed by atoms with van der Waals surface area (Å²) in [7, 11) is 0. The number of ether oxygens (including phenoxy) is 1. The van der Waals surface area contributed by atoms with Gasteiger partial charge in [-0.25, -0.2) is 4.39 Å². The first kappa shape index (κ1) is 11.5. The van der Waals surface area contributed by atoms with E-state index in [4.69, 9.17) is 4.74 Å². The zero-order valence-electron chi connectivity index (χ0n) is 10.2. The van der Waals surface area contributed by atoms with Crippen molar-refractivity contribution >= 4 is 11.5 Å². The monoisotopic (exact) mass is 249 g/mol. The fourth-order valence-electron chi connectivity index (χ4n) is 2.31. The third-order valence-electron chi connectivity index (χ3n) is 3.25. The van der Waals surface area contributed by atoms with Crippen molar-refractivity contribution in [2.45, 2.75) is 0 Å². The second-order valence-corrected chi connectivity index (χ2v) is 4.42. The minimum Gasteiger partial charge on any atom is -0.378 e. The maximum atomic E-state index is 14.1. The topological polar surface area (TPSA) is 36.9 Å². The zero-order valence-corrected chi connectivity index (χ0v) is 10.2. The minimum atomic E-state index is -0.189. The number of amidine groups is 1. The zero-order chi connectivity index (χ0) is 12.4. The molecule has 0 atom stereocenters. The molecular weight excluding hydrogens is 233 g/mol. The Morgan fingerprint density at radius 3 is 2.78 bits per heavy atom. The summed E-state index contributed by atoms with van der Waals surface area (Å²) in [5.41, 5.74) is 1.47. The van der Waals surface area contributed by atoms with Crippen LogP contribution in [0.15, 0.2) is 23.2 Å². The summed E-state index contributed by atoms with van der Waals surface area (Å²) < 4.78 is 19.4. The van der Waals surface area contributed by atoms with Gasteiger partial charge in [0.2, 0.25) is 0 Å². The SMILES string of the molecule is Fc1cc(C2=NCCN2)ccc1N1CCOCC1. The molecule has 2 heterocycles. The van der Waals surface area contributed by atoms with Crippen molar-refractivity contribution in [1.29, 1.82) is 0 Å². The van der Waals surface area contributed by atoms with Crippen LogP contribution in [0.1, 0.15) is 5.56 Å². The minimum absolute atomic E-state index is 0.189. The molecule has 1 fully saturated rings. The summed E-state index contributed by atoms with van der Waals surface area (Å²) in [6, 6.07) is 5.31. The molecule has 0 unspecified atom stereocenters. The maximum absolute atomic E-state index is 14.1. The van der Waals surface area contributed by atoms with Crippen LogP contribution in [0.25, 0.3) is 0 Å². The lowest BCUT2D eigenvalue weighted by Gasteiger charge is -2.29. The maximum Gasteiger partial charge on any atom is 0.147 e. The summed E-state index contributed by atoms with van der Waals surface area (Å²) in [6.07, 6.45) is 0. The van der Waals surface area contributed by atoms with Crippen molar-refractivity contribution < 1.29 is 9.13 Å². The number of morpholine rings is 1. The van der Waals surface area contributed by atoms with Crippen molar-refractivity contribution in [2.75, 3.05) is 44.3 Å². The Morgan fingerprint density at radius 2 is 2.11 bits per heavy atom. The van der Waals surface area contributed by atoms with Gasteiger partial charge in [0.25, 0.3) is 0 Å². The highest BCUT2D eigenvalue weighted by molar-refractivity contribution is 6.00. The Morgan fingerprint density at radius 1 is 1.28 bits per heavy atom. The van der Waals surface area contributed by atoms with E-state index in [0.717, 1.165) is 37.6 Å². The molecule has 2 aliphatic heterocycles. The van der Waals surface area contributed by atoms with Crippen LogP contribution in [0.5, 0.6) is 0 Å². The highest BCUT2D eigenvalue weighted by Gasteiger charge is 2.17. The standard InChI is InChI=1S/C13H16FN3O/c14-11-9-10(13-15-3-4-16-13)1-2-12(11)17-5-7-18-8-6-17/h1-2,9H,3-8H2,(H,15,16). The summed E-state index contributed by atoms with van der Waals surface area (Å²) >= 11 is 0. The van der Waals surface area contributed by atoms with E-state index in [0.29, 0.717) is 18.9 Å². The second-order valence-electron chi connectivity index (χ2n) is 4.42. The normalized spacial score (nSPS) is 19.6. The van der Waals surface area contributed by atoms with Gasteiger partial charge in [-0.2, -0.15) is 0 Å². The number of halogens is 1. The van der Waals surface area contributed by atoms with Crippen molar-refractivity contribution in [3.05, 3.63) is 29.6 Å². The van der Waals surface area contributed by atoms with Gasteiger partial charge >= 0.3 is 0 Å². The highest BCUT2D eigenvalue weighted by atomic mass is 19.1. The Balaban J connectivity index is 1.84. The largest absolute Gasteiger partial charge is 0.378 e. The molecule has 1 aromatic rings. The smallest absolute Gasteiger partial charge is 0.147 e. The molecule has 0 aromatic heterocycles. The van der Waals surface area contributed by atoms with Gasteiger partial charge in [-0.1, -0.05) is 0 Å². The predicted molar refractivity (Wildman–Crippen MR) is 68.8 cm³/mol. The van der Waals surface area contributed by atoms with Gasteiger partial charge in [-0.15, -0.1) is 0 Å². The highest BCUT2D eigenvalue weighted by Crippen LogP contribution is 2.22. The van der Waals surface area contributed by atoms with Gasteiger partial charge in [-0.3, -0.25) is 4.99 Å². The van der Waals surface area contributed by atoms with E-state index in [1.54, 1.807) is 6.07 Å². The van der Waals surface area contributed by atoms with Crippen LogP contribution in [-0.2, 0) is 4.74 Å². The van der Waals surface area contributed by atoms with Crippen LogP contribution in [0.2, 0.25) is 0 Å². The fourth-order valence-corrected chi connectivity index (χ4v) is 2.31. The molecule has 0 aliphatic carbocycles. The Hall–Kier alpha value is -1.62. The first-order valence-corrected chi connectivity index (χ1v) is 6.25. The number of hydrogen-bond donors (Lipinski definition) is 1. The number of nitrogens with one attached hydrogen (secondary N) is 1. The molecule has 1 aromatic carbocycles. The molecule has 5 heteroatoms. The van der Waals surface area contributed by atoms with Crippen molar-refractivity contribution in [2.24, 2.45) is 4.99 Å². The van der Waals surface area contributed by atoms with Gasteiger partial charge in [0, 0.05) is 25.2 Å². The summed E-state index contributed by atoms with van der Waals surface area (Å²) in [5.74, 6) is 0.605. The van der Waals surface area contributed by atoms with Crippen LogP contribution in [0, 0.1) is 5.82 Å². The molecule has 0 radical (unpaired) electrons. The summed E-state index contributed by atoms with van der Waals surface area (Å²) in [5, 5.41) is 3.15. The van der Waals surface area contributed by atoms with E-state index >= 15 is 0 Å². The number of anilines is 1. The van der Waals surface area contributed by atoms with Gasteiger partial charge in [0.1, 0.15) is 11.7 Å². The fraction of sp³-hybridized carbons (Fsp3) is 0.462. The molecule has 0 spiro atoms. The van der Waals surface area contributed by atoms with E-state index in [1.807, 2.05) is 17.0 Å². The van der Waals surface area contributed by atoms with E-state index in [2.05, 4.69) is 10.3 Å². The van der Waals surface area contributed by atoms with Gasteiger partial charge in [0.05, 0.1) is 25.4 Å². The number of benzene rings is 1. The molecule has 4 nitrogen and oxygen atoms in total. The Labute approximate surface area is 105 Å². The van der Waals surface area contributed by atoms with E-state index < -0.39 is 0 Å². The van der Waals surface area contributed by atoms with Crippen LogP contribution in [0.4, 0.5) is 10.1 Å². The lowest BCUT2D eigenvalue weighted by molar-refractivity contribution is 0.122. The van der Waals surface area contributed by atoms with Crippen LogP contribution in [0.3, 0.4) is 0 Å². The van der Waals surface area contributed by atoms with Crippen LogP contribution in [-0.4, -0.2) is 45.2 Å². The van der Waals surface area contributed by atoms with Crippen molar-refractivity contribution in [3.8, 4) is 0 Å². The third-order valence-corrected chi connectivity index (χ3v) is 3.25. The molecule has 0 amide bonds. The van der Waals surface area contributed by atoms with Crippen molar-refractivity contribution in [1.82, 2.24) is 5.32 Å². The third kappa shape index (κ3) is 2.18. The second kappa shape index (κ2) is 4.94. The molecular formula is C13H16FN3O. The van der Waals surface area contributed by atoms with Crippen LogP contribution < -0.4 is 10.2 Å². The quantitative estimate of drug-likeness (QED) is 0.850. The van der Waals surface area contributed by atoms with Gasteiger partial charge < -0.3 is 15.0 Å². The molecule has 1 saturated heterocycles. The molecule has 0 saturated carbocycles. The summed E-state index contributed by atoms with van der Waals surface area (Å²) in [6.45, 7) is 4.42. The number of aliphatic imine (C=N–C) groups is 1. The Bertz CT molecular complexity index is 469.